The minimum atomic E-state index is 0.335. The van der Waals surface area contributed by atoms with Gasteiger partial charge in [0.05, 0.1) is 18.6 Å². The molecule has 0 fully saturated rings. The maximum absolute atomic E-state index is 2.64. The molecule has 0 aliphatic rings. The van der Waals surface area contributed by atoms with Gasteiger partial charge in [-0.3, -0.25) is 0 Å². The van der Waals surface area contributed by atoms with Crippen LogP contribution < -0.4 is 0 Å². The van der Waals surface area contributed by atoms with E-state index in [1.807, 2.05) is 0 Å². The van der Waals surface area contributed by atoms with Crippen LogP contribution in [0.2, 0.25) is 0 Å². The third-order valence-corrected chi connectivity index (χ3v) is 9.88. The first-order valence-corrected chi connectivity index (χ1v) is 18.4. The number of nitrogens with zero attached hydrogens (tertiary/aromatic N) is 1. The smallest absolute Gasteiger partial charge is 0.105 e. The Balaban J connectivity index is 2.85. The van der Waals surface area contributed by atoms with Gasteiger partial charge in [0, 0.05) is 12.0 Å². The summed E-state index contributed by atoms with van der Waals surface area (Å²) in [6, 6.07) is 11.5. The maximum atomic E-state index is 2.64. The summed E-state index contributed by atoms with van der Waals surface area (Å²) < 4.78 is 1.30. The molecule has 1 aromatic rings. The van der Waals surface area contributed by atoms with Crippen molar-refractivity contribution in [1.29, 1.82) is 0 Å². The van der Waals surface area contributed by atoms with Gasteiger partial charge < -0.3 is 4.48 Å². The summed E-state index contributed by atoms with van der Waals surface area (Å²) in [4.78, 5) is 0. The van der Waals surface area contributed by atoms with E-state index in [1.54, 1.807) is 5.56 Å². The van der Waals surface area contributed by atoms with Gasteiger partial charge in [0.2, 0.25) is 0 Å². The zero-order chi connectivity index (χ0) is 29.2. The second-order valence-corrected chi connectivity index (χ2v) is 13.9. The summed E-state index contributed by atoms with van der Waals surface area (Å²) in [5.41, 5.74) is 1.89. The fourth-order valence-corrected chi connectivity index (χ4v) is 6.87. The first-order valence-electron chi connectivity index (χ1n) is 18.4. The van der Waals surface area contributed by atoms with Gasteiger partial charge in [-0.25, -0.2) is 0 Å². The van der Waals surface area contributed by atoms with E-state index >= 15 is 0 Å². The van der Waals surface area contributed by atoms with Crippen molar-refractivity contribution in [1.82, 2.24) is 0 Å². The third kappa shape index (κ3) is 17.2. The Morgan fingerprint density at radius 1 is 0.450 bits per heavy atom. The number of unbranched alkanes of at least 4 members (excludes halogenated alkanes) is 20. The molecule has 0 spiro atoms. The molecule has 1 aromatic carbocycles. The lowest BCUT2D eigenvalue weighted by atomic mass is 9.88. The first-order chi connectivity index (χ1) is 19.5. The maximum Gasteiger partial charge on any atom is 0.105 e. The van der Waals surface area contributed by atoms with Crippen LogP contribution in [-0.2, 0) is 6.54 Å². The molecule has 0 amide bonds. The highest BCUT2D eigenvalue weighted by Gasteiger charge is 2.42. The third-order valence-electron chi connectivity index (χ3n) is 9.88. The highest BCUT2D eigenvalue weighted by atomic mass is 15.4. The van der Waals surface area contributed by atoms with Crippen LogP contribution in [0, 0.1) is 0 Å². The molecule has 0 radical (unpaired) electrons. The van der Waals surface area contributed by atoms with Crippen molar-refractivity contribution in [2.24, 2.45) is 0 Å². The van der Waals surface area contributed by atoms with Gasteiger partial charge in [-0.05, 0) is 46.0 Å². The van der Waals surface area contributed by atoms with Crippen molar-refractivity contribution in [3.8, 4) is 0 Å². The molecule has 0 aliphatic heterocycles. The van der Waals surface area contributed by atoms with Crippen molar-refractivity contribution in [3.63, 3.8) is 0 Å². The molecular formula is C39H74N+. The van der Waals surface area contributed by atoms with Crippen LogP contribution in [0.1, 0.15) is 194 Å². The van der Waals surface area contributed by atoms with Crippen LogP contribution in [0.5, 0.6) is 0 Å². The molecule has 234 valence electrons. The van der Waals surface area contributed by atoms with Gasteiger partial charge >= 0.3 is 0 Å². The lowest BCUT2D eigenvalue weighted by Gasteiger charge is -2.51. The summed E-state index contributed by atoms with van der Waals surface area (Å²) >= 11 is 0. The van der Waals surface area contributed by atoms with Gasteiger partial charge in [-0.15, -0.1) is 0 Å². The van der Waals surface area contributed by atoms with Crippen molar-refractivity contribution in [2.45, 2.75) is 201 Å². The van der Waals surface area contributed by atoms with E-state index in [1.165, 1.54) is 178 Å². The molecule has 0 heterocycles. The summed E-state index contributed by atoms with van der Waals surface area (Å²) in [7, 11) is 0. The van der Waals surface area contributed by atoms with E-state index in [-0.39, 0.29) is 0 Å². The molecule has 0 saturated heterocycles. The van der Waals surface area contributed by atoms with Crippen LogP contribution in [0.15, 0.2) is 30.3 Å². The van der Waals surface area contributed by atoms with Crippen LogP contribution in [0.4, 0.5) is 0 Å². The average Bonchev–Trinajstić information content (AvgIpc) is 2.95. The fraction of sp³-hybridized carbons (Fsp3) is 0.846. The second-order valence-electron chi connectivity index (χ2n) is 13.9. The van der Waals surface area contributed by atoms with Gasteiger partial charge in [0.15, 0.2) is 0 Å². The lowest BCUT2D eigenvalue weighted by molar-refractivity contribution is -0.985. The van der Waals surface area contributed by atoms with Crippen LogP contribution in [0.25, 0.3) is 0 Å². The second kappa shape index (κ2) is 24.7. The summed E-state index contributed by atoms with van der Waals surface area (Å²) in [5, 5.41) is 0. The van der Waals surface area contributed by atoms with Gasteiger partial charge in [0.1, 0.15) is 6.54 Å². The van der Waals surface area contributed by atoms with Crippen LogP contribution in [-0.4, -0.2) is 23.1 Å². The Bertz CT molecular complexity index is 628. The van der Waals surface area contributed by atoms with E-state index in [2.05, 4.69) is 65.0 Å². The van der Waals surface area contributed by atoms with E-state index in [0.717, 1.165) is 0 Å². The zero-order valence-electron chi connectivity index (χ0n) is 28.4. The number of hydrogen-bond acceptors (Lipinski definition) is 0. The molecule has 0 unspecified atom stereocenters. The van der Waals surface area contributed by atoms with E-state index in [0.29, 0.717) is 5.54 Å². The quantitative estimate of drug-likeness (QED) is 0.0680. The molecule has 1 rings (SSSR count). The van der Waals surface area contributed by atoms with E-state index in [9.17, 15) is 0 Å². The highest BCUT2D eigenvalue weighted by molar-refractivity contribution is 5.13. The molecule has 0 aromatic heterocycles. The Kier molecular flexibility index (Phi) is 23.0. The Morgan fingerprint density at radius 3 is 1.20 bits per heavy atom. The molecule has 0 N–H and O–H groups in total. The highest BCUT2D eigenvalue weighted by Crippen LogP contribution is 2.35. The summed E-state index contributed by atoms with van der Waals surface area (Å²) in [6.07, 6.45) is 34.0. The van der Waals surface area contributed by atoms with Gasteiger partial charge in [-0.1, -0.05) is 167 Å². The van der Waals surface area contributed by atoms with Crippen molar-refractivity contribution in [3.05, 3.63) is 35.9 Å². The van der Waals surface area contributed by atoms with Crippen molar-refractivity contribution in [2.75, 3.05) is 13.1 Å². The predicted molar refractivity (Wildman–Crippen MR) is 182 cm³/mol. The van der Waals surface area contributed by atoms with Gasteiger partial charge in [-0.2, -0.15) is 0 Å². The minimum Gasteiger partial charge on any atom is -0.315 e. The Morgan fingerprint density at radius 2 is 0.800 bits per heavy atom. The molecule has 0 atom stereocenters. The van der Waals surface area contributed by atoms with Gasteiger partial charge in [0.25, 0.3) is 0 Å². The monoisotopic (exact) mass is 557 g/mol. The normalized spacial score (nSPS) is 12.3. The molecule has 1 heteroatoms. The summed E-state index contributed by atoms with van der Waals surface area (Å²) in [6.45, 7) is 16.2. The number of hydrogen-bond donors (Lipinski definition) is 0. The fourth-order valence-electron chi connectivity index (χ4n) is 6.87. The average molecular weight is 557 g/mol. The molecule has 40 heavy (non-hydrogen) atoms. The number of benzene rings is 1. The van der Waals surface area contributed by atoms with Crippen LogP contribution in [0.3, 0.4) is 0 Å². The molecular weight excluding hydrogens is 482 g/mol. The first kappa shape index (κ1) is 37.2. The topological polar surface area (TPSA) is 0 Å². The number of quaternary nitrogens is 1. The van der Waals surface area contributed by atoms with Crippen molar-refractivity contribution < 1.29 is 4.48 Å². The standard InChI is InChI=1S/C39H74N/c1-6-9-12-15-18-21-24-30-35-40(37-38-32-27-26-28-33-38,36-31-25-22-19-16-13-10-7-2)39(4,5)34-29-23-20-17-14-11-8-3/h26-28,32-33H,6-25,29-31,34-37H2,1-5H3/q+1. The zero-order valence-corrected chi connectivity index (χ0v) is 28.4. The molecule has 1 nitrogen and oxygen atoms in total. The summed E-state index contributed by atoms with van der Waals surface area (Å²) in [5.74, 6) is 0. The predicted octanol–water partition coefficient (Wildman–Crippen LogP) is 13.2. The minimum absolute atomic E-state index is 0.335. The van der Waals surface area contributed by atoms with Crippen molar-refractivity contribution >= 4 is 0 Å². The molecule has 0 aliphatic carbocycles. The van der Waals surface area contributed by atoms with E-state index in [4.69, 9.17) is 0 Å². The lowest BCUT2D eigenvalue weighted by Crippen LogP contribution is -2.61. The largest absolute Gasteiger partial charge is 0.315 e. The molecule has 0 saturated carbocycles. The Hall–Kier alpha value is -0.820. The van der Waals surface area contributed by atoms with E-state index < -0.39 is 0 Å². The van der Waals surface area contributed by atoms with Crippen LogP contribution >= 0.6 is 0 Å². The molecule has 0 bridgehead atoms. The SMILES string of the molecule is CCCCCCCCCC[N+](CCCCCCCCCC)(Cc1ccccc1)C(C)(C)CCCCCCCCC. The Labute approximate surface area is 253 Å². The number of rotatable bonds is 29.